The summed E-state index contributed by atoms with van der Waals surface area (Å²) in [5.74, 6) is 0. The number of rotatable bonds is 11. The highest BCUT2D eigenvalue weighted by Crippen LogP contribution is 2.00. The lowest BCUT2D eigenvalue weighted by Gasteiger charge is -2.06. The third kappa shape index (κ3) is 13.0. The Morgan fingerprint density at radius 2 is 1.40 bits per heavy atom. The monoisotopic (exact) mass is 289 g/mol. The average Bonchev–Trinajstić information content (AvgIpc) is 2.45. The molecule has 0 bridgehead atoms. The van der Waals surface area contributed by atoms with Gasteiger partial charge in [0.2, 0.25) is 0 Å². The molecule has 0 radical (unpaired) electrons. The first-order chi connectivity index (χ1) is 9.70. The zero-order valence-electron chi connectivity index (χ0n) is 12.6. The fraction of sp³-hybridized carbons (Fsp3) is 0.857. The van der Waals surface area contributed by atoms with Gasteiger partial charge in [-0.15, -0.1) is 0 Å². The fourth-order valence-electron chi connectivity index (χ4n) is 1.40. The van der Waals surface area contributed by atoms with Crippen LogP contribution in [0.1, 0.15) is 52.4 Å². The minimum Gasteiger partial charge on any atom is -0.450 e. The molecule has 0 aliphatic heterocycles. The Kier molecular flexibility index (Phi) is 12.9. The Morgan fingerprint density at radius 3 is 2.10 bits per heavy atom. The number of hydrogen-bond acceptors (Lipinski definition) is 5. The second kappa shape index (κ2) is 14.0. The standard InChI is InChI=1S/C14H27NO5/c1-3-10-18-13(16)15-9-7-5-6-8-12-20-14(17)19-11-4-2/h3-12H2,1-2H3,(H,15,16). The summed E-state index contributed by atoms with van der Waals surface area (Å²) in [5.41, 5.74) is 0. The van der Waals surface area contributed by atoms with Crippen molar-refractivity contribution >= 4 is 12.2 Å². The predicted octanol–water partition coefficient (Wildman–Crippen LogP) is 3.25. The van der Waals surface area contributed by atoms with E-state index >= 15 is 0 Å². The van der Waals surface area contributed by atoms with Crippen molar-refractivity contribution in [1.82, 2.24) is 5.32 Å². The number of unbranched alkanes of at least 4 members (excludes halogenated alkanes) is 3. The summed E-state index contributed by atoms with van der Waals surface area (Å²) in [4.78, 5) is 22.1. The van der Waals surface area contributed by atoms with E-state index in [0.717, 1.165) is 38.5 Å². The van der Waals surface area contributed by atoms with E-state index in [2.05, 4.69) is 5.32 Å². The predicted molar refractivity (Wildman–Crippen MR) is 75.7 cm³/mol. The van der Waals surface area contributed by atoms with Crippen LogP contribution in [-0.2, 0) is 14.2 Å². The zero-order valence-corrected chi connectivity index (χ0v) is 12.6. The maximum atomic E-state index is 11.1. The largest absolute Gasteiger partial charge is 0.508 e. The summed E-state index contributed by atoms with van der Waals surface area (Å²) < 4.78 is 14.5. The van der Waals surface area contributed by atoms with E-state index < -0.39 is 6.16 Å². The molecule has 0 aromatic rings. The normalized spacial score (nSPS) is 9.90. The molecule has 0 rings (SSSR count). The maximum Gasteiger partial charge on any atom is 0.508 e. The Bertz CT molecular complexity index is 232. The molecular weight excluding hydrogens is 262 g/mol. The summed E-state index contributed by atoms with van der Waals surface area (Å²) in [5, 5.41) is 2.68. The summed E-state index contributed by atoms with van der Waals surface area (Å²) in [6.07, 6.45) is 4.30. The van der Waals surface area contributed by atoms with Crippen molar-refractivity contribution in [3.05, 3.63) is 0 Å². The Labute approximate surface area is 121 Å². The number of amides is 1. The lowest BCUT2D eigenvalue weighted by Crippen LogP contribution is -2.25. The van der Waals surface area contributed by atoms with E-state index in [-0.39, 0.29) is 6.09 Å². The smallest absolute Gasteiger partial charge is 0.450 e. The Hall–Kier alpha value is -1.46. The lowest BCUT2D eigenvalue weighted by molar-refractivity contribution is 0.0541. The third-order valence-corrected chi connectivity index (χ3v) is 2.42. The van der Waals surface area contributed by atoms with Crippen LogP contribution in [0.5, 0.6) is 0 Å². The molecule has 0 aliphatic carbocycles. The summed E-state index contributed by atoms with van der Waals surface area (Å²) in [7, 11) is 0. The van der Waals surface area contributed by atoms with Gasteiger partial charge in [0.25, 0.3) is 0 Å². The molecule has 0 unspecified atom stereocenters. The van der Waals surface area contributed by atoms with Crippen LogP contribution < -0.4 is 5.32 Å². The molecule has 0 heterocycles. The lowest BCUT2D eigenvalue weighted by atomic mass is 10.2. The van der Waals surface area contributed by atoms with Gasteiger partial charge in [-0.05, 0) is 32.1 Å². The van der Waals surface area contributed by atoms with Crippen LogP contribution in [0.4, 0.5) is 9.59 Å². The molecule has 0 aromatic heterocycles. The maximum absolute atomic E-state index is 11.1. The fourth-order valence-corrected chi connectivity index (χ4v) is 1.40. The second-order valence-corrected chi connectivity index (χ2v) is 4.42. The molecule has 1 N–H and O–H groups in total. The Morgan fingerprint density at radius 1 is 0.800 bits per heavy atom. The number of carbonyl (C=O) groups is 2. The molecule has 0 saturated heterocycles. The van der Waals surface area contributed by atoms with Crippen LogP contribution in [0, 0.1) is 0 Å². The van der Waals surface area contributed by atoms with Crippen molar-refractivity contribution in [1.29, 1.82) is 0 Å². The molecule has 1 amide bonds. The van der Waals surface area contributed by atoms with Crippen molar-refractivity contribution in [2.75, 3.05) is 26.4 Å². The quantitative estimate of drug-likeness (QED) is 0.467. The van der Waals surface area contributed by atoms with Crippen LogP contribution in [0.2, 0.25) is 0 Å². The van der Waals surface area contributed by atoms with Crippen molar-refractivity contribution in [3.63, 3.8) is 0 Å². The van der Waals surface area contributed by atoms with Gasteiger partial charge in [0.15, 0.2) is 0 Å². The van der Waals surface area contributed by atoms with Crippen LogP contribution >= 0.6 is 0 Å². The molecule has 118 valence electrons. The van der Waals surface area contributed by atoms with E-state index in [1.54, 1.807) is 0 Å². The van der Waals surface area contributed by atoms with Crippen LogP contribution in [0.25, 0.3) is 0 Å². The summed E-state index contributed by atoms with van der Waals surface area (Å²) in [6.45, 7) is 5.74. The number of nitrogens with one attached hydrogen (secondary N) is 1. The highest BCUT2D eigenvalue weighted by molar-refractivity contribution is 5.66. The first-order valence-electron chi connectivity index (χ1n) is 7.40. The molecule has 0 atom stereocenters. The highest BCUT2D eigenvalue weighted by Gasteiger charge is 2.02. The minimum atomic E-state index is -0.591. The average molecular weight is 289 g/mol. The van der Waals surface area contributed by atoms with Gasteiger partial charge in [-0.3, -0.25) is 0 Å². The minimum absolute atomic E-state index is 0.353. The van der Waals surface area contributed by atoms with Gasteiger partial charge in [-0.1, -0.05) is 20.3 Å². The van der Waals surface area contributed by atoms with E-state index in [9.17, 15) is 9.59 Å². The van der Waals surface area contributed by atoms with Gasteiger partial charge in [0, 0.05) is 6.54 Å². The van der Waals surface area contributed by atoms with Gasteiger partial charge in [-0.2, -0.15) is 0 Å². The molecule has 0 aliphatic rings. The Balaban J connectivity index is 3.20. The van der Waals surface area contributed by atoms with Crippen LogP contribution in [0.15, 0.2) is 0 Å². The van der Waals surface area contributed by atoms with E-state index in [1.165, 1.54) is 0 Å². The molecule has 20 heavy (non-hydrogen) atoms. The number of hydrogen-bond donors (Lipinski definition) is 1. The van der Waals surface area contributed by atoms with Gasteiger partial charge in [0.05, 0.1) is 19.8 Å². The van der Waals surface area contributed by atoms with Gasteiger partial charge in [0.1, 0.15) is 0 Å². The number of ether oxygens (including phenoxy) is 3. The molecule has 0 fully saturated rings. The molecule has 0 saturated carbocycles. The molecule has 0 spiro atoms. The van der Waals surface area contributed by atoms with E-state index in [1.807, 2.05) is 13.8 Å². The molecular formula is C14H27NO5. The number of carbonyl (C=O) groups excluding carboxylic acids is 2. The van der Waals surface area contributed by atoms with Crippen molar-refractivity contribution in [3.8, 4) is 0 Å². The van der Waals surface area contributed by atoms with Crippen molar-refractivity contribution < 1.29 is 23.8 Å². The summed E-state index contributed by atoms with van der Waals surface area (Å²) in [6, 6.07) is 0. The van der Waals surface area contributed by atoms with Crippen LogP contribution in [-0.4, -0.2) is 38.6 Å². The topological polar surface area (TPSA) is 73.9 Å². The van der Waals surface area contributed by atoms with Gasteiger partial charge >= 0.3 is 12.2 Å². The van der Waals surface area contributed by atoms with Gasteiger partial charge < -0.3 is 19.5 Å². The first-order valence-corrected chi connectivity index (χ1v) is 7.40. The van der Waals surface area contributed by atoms with Crippen molar-refractivity contribution in [2.24, 2.45) is 0 Å². The summed E-state index contributed by atoms with van der Waals surface area (Å²) >= 11 is 0. The molecule has 0 aromatic carbocycles. The molecule has 6 heteroatoms. The third-order valence-electron chi connectivity index (χ3n) is 2.42. The zero-order chi connectivity index (χ0) is 15.1. The first kappa shape index (κ1) is 18.5. The molecule has 6 nitrogen and oxygen atoms in total. The van der Waals surface area contributed by atoms with Gasteiger partial charge in [-0.25, -0.2) is 9.59 Å². The number of alkyl carbamates (subject to hydrolysis) is 1. The van der Waals surface area contributed by atoms with E-state index in [4.69, 9.17) is 14.2 Å². The highest BCUT2D eigenvalue weighted by atomic mass is 16.7. The van der Waals surface area contributed by atoms with Crippen molar-refractivity contribution in [2.45, 2.75) is 52.4 Å². The van der Waals surface area contributed by atoms with Crippen LogP contribution in [0.3, 0.4) is 0 Å². The van der Waals surface area contributed by atoms with E-state index in [0.29, 0.717) is 26.4 Å². The second-order valence-electron chi connectivity index (χ2n) is 4.42. The SMILES string of the molecule is CCCOC(=O)NCCCCCCOC(=O)OCCC.